The molecule has 2 rings (SSSR count). The van der Waals surface area contributed by atoms with Gasteiger partial charge in [-0.15, -0.1) is 11.3 Å². The van der Waals surface area contributed by atoms with Crippen LogP contribution in [0, 0.1) is 10.1 Å². The molecule has 19 heavy (non-hydrogen) atoms. The molecule has 0 aliphatic rings. The van der Waals surface area contributed by atoms with Crippen LogP contribution in [0.5, 0.6) is 0 Å². The average Bonchev–Trinajstić information content (AvgIpc) is 2.92. The second kappa shape index (κ2) is 6.29. The SMILES string of the molecule is CCCC(Nc1ccncc1[N+](=O)[O-])c1cccs1. The van der Waals surface area contributed by atoms with Gasteiger partial charge in [-0.05, 0) is 23.9 Å². The van der Waals surface area contributed by atoms with E-state index in [0.717, 1.165) is 12.8 Å². The molecule has 0 radical (unpaired) electrons. The minimum atomic E-state index is -0.410. The molecule has 6 heteroatoms. The lowest BCUT2D eigenvalue weighted by Gasteiger charge is -2.17. The number of pyridine rings is 1. The summed E-state index contributed by atoms with van der Waals surface area (Å²) in [5.41, 5.74) is 0.534. The molecular formula is C13H15N3O2S. The highest BCUT2D eigenvalue weighted by molar-refractivity contribution is 7.10. The van der Waals surface area contributed by atoms with E-state index in [1.807, 2.05) is 17.5 Å². The third kappa shape index (κ3) is 3.29. The van der Waals surface area contributed by atoms with Crippen LogP contribution in [0.4, 0.5) is 11.4 Å². The van der Waals surface area contributed by atoms with Crippen LogP contribution in [0.25, 0.3) is 0 Å². The van der Waals surface area contributed by atoms with Crippen molar-refractivity contribution < 1.29 is 4.92 Å². The lowest BCUT2D eigenvalue weighted by atomic mass is 10.1. The first-order valence-electron chi connectivity index (χ1n) is 6.10. The van der Waals surface area contributed by atoms with Crippen molar-refractivity contribution in [1.82, 2.24) is 4.98 Å². The molecule has 0 amide bonds. The van der Waals surface area contributed by atoms with Gasteiger partial charge in [0.25, 0.3) is 0 Å². The molecule has 0 spiro atoms. The van der Waals surface area contributed by atoms with Crippen molar-refractivity contribution in [2.24, 2.45) is 0 Å². The van der Waals surface area contributed by atoms with Gasteiger partial charge in [-0.2, -0.15) is 0 Å². The maximum absolute atomic E-state index is 11.0. The molecular weight excluding hydrogens is 262 g/mol. The van der Waals surface area contributed by atoms with Crippen LogP contribution < -0.4 is 5.32 Å². The van der Waals surface area contributed by atoms with E-state index in [9.17, 15) is 10.1 Å². The Morgan fingerprint density at radius 3 is 3.00 bits per heavy atom. The molecule has 0 aliphatic carbocycles. The molecule has 2 heterocycles. The van der Waals surface area contributed by atoms with Crippen molar-refractivity contribution in [3.63, 3.8) is 0 Å². The molecule has 0 aliphatic heterocycles. The Morgan fingerprint density at radius 2 is 2.37 bits per heavy atom. The Morgan fingerprint density at radius 1 is 1.53 bits per heavy atom. The Labute approximate surface area is 115 Å². The van der Waals surface area contributed by atoms with Crippen molar-refractivity contribution in [3.8, 4) is 0 Å². The average molecular weight is 277 g/mol. The minimum Gasteiger partial charge on any atom is -0.372 e. The summed E-state index contributed by atoms with van der Waals surface area (Å²) in [6, 6.07) is 5.79. The summed E-state index contributed by atoms with van der Waals surface area (Å²) < 4.78 is 0. The Kier molecular flexibility index (Phi) is 4.46. The summed E-state index contributed by atoms with van der Waals surface area (Å²) in [4.78, 5) is 15.6. The number of anilines is 1. The van der Waals surface area contributed by atoms with Gasteiger partial charge >= 0.3 is 5.69 Å². The van der Waals surface area contributed by atoms with Crippen molar-refractivity contribution in [2.75, 3.05) is 5.32 Å². The topological polar surface area (TPSA) is 68.1 Å². The van der Waals surface area contributed by atoms with Crippen LogP contribution in [-0.4, -0.2) is 9.91 Å². The summed E-state index contributed by atoms with van der Waals surface area (Å²) in [7, 11) is 0. The van der Waals surface area contributed by atoms with Crippen LogP contribution in [0.3, 0.4) is 0 Å². The van der Waals surface area contributed by atoms with Crippen LogP contribution in [0.2, 0.25) is 0 Å². The number of aromatic nitrogens is 1. The van der Waals surface area contributed by atoms with Gasteiger partial charge in [-0.1, -0.05) is 19.4 Å². The number of thiophene rings is 1. The molecule has 0 aromatic carbocycles. The van der Waals surface area contributed by atoms with E-state index in [1.165, 1.54) is 11.1 Å². The first kappa shape index (κ1) is 13.5. The summed E-state index contributed by atoms with van der Waals surface area (Å²) in [5, 5.41) is 16.3. The number of hydrogen-bond donors (Lipinski definition) is 1. The monoisotopic (exact) mass is 277 g/mol. The van der Waals surface area contributed by atoms with Crippen LogP contribution >= 0.6 is 11.3 Å². The maximum atomic E-state index is 11.0. The number of nitrogens with one attached hydrogen (secondary N) is 1. The molecule has 1 unspecified atom stereocenters. The number of rotatable bonds is 6. The van der Waals surface area contributed by atoms with E-state index in [1.54, 1.807) is 23.6 Å². The zero-order valence-corrected chi connectivity index (χ0v) is 11.4. The van der Waals surface area contributed by atoms with Crippen LogP contribution in [-0.2, 0) is 0 Å². The fraction of sp³-hybridized carbons (Fsp3) is 0.308. The third-order valence-electron chi connectivity index (χ3n) is 2.79. The molecule has 0 fully saturated rings. The van der Waals surface area contributed by atoms with Gasteiger partial charge in [0.2, 0.25) is 0 Å². The Balaban J connectivity index is 2.25. The van der Waals surface area contributed by atoms with Gasteiger partial charge in [0.1, 0.15) is 11.9 Å². The van der Waals surface area contributed by atoms with E-state index < -0.39 is 4.92 Å². The van der Waals surface area contributed by atoms with Crippen LogP contribution in [0.1, 0.15) is 30.7 Å². The van der Waals surface area contributed by atoms with E-state index >= 15 is 0 Å². The normalized spacial score (nSPS) is 12.1. The first-order chi connectivity index (χ1) is 9.22. The second-order valence-corrected chi connectivity index (χ2v) is 5.13. The molecule has 0 saturated heterocycles. The van der Waals surface area contributed by atoms with E-state index in [0.29, 0.717) is 5.69 Å². The van der Waals surface area contributed by atoms with Gasteiger partial charge in [0.15, 0.2) is 0 Å². The summed E-state index contributed by atoms with van der Waals surface area (Å²) >= 11 is 1.66. The van der Waals surface area contributed by atoms with E-state index in [4.69, 9.17) is 0 Å². The number of hydrogen-bond acceptors (Lipinski definition) is 5. The fourth-order valence-electron chi connectivity index (χ4n) is 1.91. The highest BCUT2D eigenvalue weighted by Gasteiger charge is 2.18. The van der Waals surface area contributed by atoms with E-state index in [-0.39, 0.29) is 11.7 Å². The summed E-state index contributed by atoms with van der Waals surface area (Å²) in [6.45, 7) is 2.10. The highest BCUT2D eigenvalue weighted by atomic mass is 32.1. The molecule has 2 aromatic rings. The molecule has 1 N–H and O–H groups in total. The van der Waals surface area contributed by atoms with Crippen molar-refractivity contribution >= 4 is 22.7 Å². The predicted octanol–water partition coefficient (Wildman–Crippen LogP) is 4.00. The molecule has 0 saturated carbocycles. The van der Waals surface area contributed by atoms with Gasteiger partial charge in [-0.3, -0.25) is 15.1 Å². The predicted molar refractivity (Wildman–Crippen MR) is 76.5 cm³/mol. The van der Waals surface area contributed by atoms with Gasteiger partial charge in [0, 0.05) is 11.1 Å². The fourth-order valence-corrected chi connectivity index (χ4v) is 2.72. The molecule has 5 nitrogen and oxygen atoms in total. The second-order valence-electron chi connectivity index (χ2n) is 4.15. The smallest absolute Gasteiger partial charge is 0.310 e. The first-order valence-corrected chi connectivity index (χ1v) is 6.98. The Hall–Kier alpha value is -1.95. The van der Waals surface area contributed by atoms with Gasteiger partial charge < -0.3 is 5.32 Å². The standard InChI is InChI=1S/C13H15N3O2S/c1-2-4-11(13-5-3-8-19-13)15-10-6-7-14-9-12(10)16(17)18/h3,5-9,11H,2,4H2,1H3,(H,14,15). The van der Waals surface area contributed by atoms with Gasteiger partial charge in [0.05, 0.1) is 11.0 Å². The van der Waals surface area contributed by atoms with E-state index in [2.05, 4.69) is 17.2 Å². The number of nitro groups is 1. The largest absolute Gasteiger partial charge is 0.372 e. The molecule has 1 atom stereocenters. The highest BCUT2D eigenvalue weighted by Crippen LogP contribution is 2.31. The van der Waals surface area contributed by atoms with Crippen molar-refractivity contribution in [3.05, 3.63) is 51.0 Å². The lowest BCUT2D eigenvalue weighted by molar-refractivity contribution is -0.384. The quantitative estimate of drug-likeness (QED) is 0.640. The minimum absolute atomic E-state index is 0.0140. The van der Waals surface area contributed by atoms with Crippen molar-refractivity contribution in [2.45, 2.75) is 25.8 Å². The summed E-state index contributed by atoms with van der Waals surface area (Å²) in [5.74, 6) is 0. The molecule has 100 valence electrons. The lowest BCUT2D eigenvalue weighted by Crippen LogP contribution is -2.10. The van der Waals surface area contributed by atoms with Gasteiger partial charge in [-0.25, -0.2) is 0 Å². The van der Waals surface area contributed by atoms with Crippen molar-refractivity contribution in [1.29, 1.82) is 0 Å². The zero-order chi connectivity index (χ0) is 13.7. The maximum Gasteiger partial charge on any atom is 0.310 e. The van der Waals surface area contributed by atoms with Crippen LogP contribution in [0.15, 0.2) is 36.0 Å². The third-order valence-corrected chi connectivity index (χ3v) is 3.78. The number of nitrogens with zero attached hydrogens (tertiary/aromatic N) is 2. The zero-order valence-electron chi connectivity index (χ0n) is 10.6. The summed E-state index contributed by atoms with van der Waals surface area (Å²) in [6.07, 6.45) is 4.78. The Bertz CT molecular complexity index is 543. The molecule has 0 bridgehead atoms. The molecule has 2 aromatic heterocycles.